The number of benzene rings is 1. The second-order valence-corrected chi connectivity index (χ2v) is 3.70. The van der Waals surface area contributed by atoms with Crippen molar-refractivity contribution in [1.82, 2.24) is 19.9 Å². The Labute approximate surface area is 109 Å². The van der Waals surface area contributed by atoms with Crippen molar-refractivity contribution in [3.8, 4) is 11.5 Å². The second kappa shape index (κ2) is 4.50. The van der Waals surface area contributed by atoms with Crippen molar-refractivity contribution in [2.24, 2.45) is 5.73 Å². The lowest BCUT2D eigenvalue weighted by Gasteiger charge is -1.96. The molecule has 1 aromatic carbocycles. The number of imidazole rings is 2. The Balaban J connectivity index is 0.00000120. The van der Waals surface area contributed by atoms with Crippen LogP contribution in [0.5, 0.6) is 0 Å². The van der Waals surface area contributed by atoms with Gasteiger partial charge < -0.3 is 15.7 Å². The summed E-state index contributed by atoms with van der Waals surface area (Å²) in [5.74, 6) is 0.766. The third-order valence-electron chi connectivity index (χ3n) is 2.55. The molecule has 0 fully saturated rings. The number of rotatable bonds is 2. The van der Waals surface area contributed by atoms with E-state index in [9.17, 15) is 0 Å². The van der Waals surface area contributed by atoms with E-state index in [2.05, 4.69) is 19.9 Å². The molecule has 7 heteroatoms. The molecule has 6 nitrogen and oxygen atoms in total. The molecule has 0 bridgehead atoms. The first kappa shape index (κ1) is 12.1. The summed E-state index contributed by atoms with van der Waals surface area (Å²) in [7, 11) is 0. The predicted octanol–water partition coefficient (Wildman–Crippen LogP) is 1.66. The first-order valence-electron chi connectivity index (χ1n) is 5.07. The molecule has 2 heterocycles. The molecule has 0 amide bonds. The van der Waals surface area contributed by atoms with E-state index in [0.717, 1.165) is 22.6 Å². The standard InChI is InChI=1S/C11H10N6.ClH/c12-10(13)6-1-2-7-8(3-6)17-11(16-7)9-4-14-5-15-9;/h1-5H,(H3,12,13)(H,14,15)(H,16,17);1H. The number of halogens is 1. The Morgan fingerprint density at radius 3 is 2.83 bits per heavy atom. The number of fused-ring (bicyclic) bond motifs is 1. The third-order valence-corrected chi connectivity index (χ3v) is 2.55. The molecule has 3 rings (SSSR count). The molecule has 0 aliphatic heterocycles. The van der Waals surface area contributed by atoms with Crippen molar-refractivity contribution in [2.45, 2.75) is 0 Å². The number of aromatic amines is 2. The van der Waals surface area contributed by atoms with Crippen LogP contribution in [0.3, 0.4) is 0 Å². The van der Waals surface area contributed by atoms with Gasteiger partial charge in [-0.3, -0.25) is 5.41 Å². The van der Waals surface area contributed by atoms with Crippen molar-refractivity contribution < 1.29 is 0 Å². The SMILES string of the molecule is Cl.N=C(N)c1ccc2nc(-c3cnc[nH]3)[nH]c2c1. The van der Waals surface area contributed by atoms with E-state index in [0.29, 0.717) is 5.56 Å². The zero-order valence-electron chi connectivity index (χ0n) is 9.27. The monoisotopic (exact) mass is 262 g/mol. The normalized spacial score (nSPS) is 10.2. The summed E-state index contributed by atoms with van der Waals surface area (Å²) < 4.78 is 0. The maximum Gasteiger partial charge on any atom is 0.156 e. The first-order chi connectivity index (χ1) is 8.24. The first-order valence-corrected chi connectivity index (χ1v) is 5.07. The van der Waals surface area contributed by atoms with E-state index >= 15 is 0 Å². The Bertz CT molecular complexity index is 685. The number of H-pyrrole nitrogens is 2. The highest BCUT2D eigenvalue weighted by molar-refractivity contribution is 5.98. The van der Waals surface area contributed by atoms with Crippen LogP contribution in [0.1, 0.15) is 5.56 Å². The van der Waals surface area contributed by atoms with Crippen LogP contribution in [-0.2, 0) is 0 Å². The van der Waals surface area contributed by atoms with Crippen molar-refractivity contribution in [3.05, 3.63) is 36.3 Å². The van der Waals surface area contributed by atoms with E-state index in [-0.39, 0.29) is 18.2 Å². The lowest BCUT2D eigenvalue weighted by Crippen LogP contribution is -2.10. The maximum atomic E-state index is 7.38. The van der Waals surface area contributed by atoms with E-state index in [1.54, 1.807) is 18.6 Å². The van der Waals surface area contributed by atoms with Crippen molar-refractivity contribution >= 4 is 29.3 Å². The molecular weight excluding hydrogens is 252 g/mol. The van der Waals surface area contributed by atoms with Crippen LogP contribution in [0.25, 0.3) is 22.6 Å². The summed E-state index contributed by atoms with van der Waals surface area (Å²) in [6.07, 6.45) is 3.30. The Morgan fingerprint density at radius 2 is 2.17 bits per heavy atom. The number of nitrogen functional groups attached to an aromatic ring is 1. The molecule has 92 valence electrons. The van der Waals surface area contributed by atoms with E-state index in [4.69, 9.17) is 11.1 Å². The van der Waals surface area contributed by atoms with Crippen LogP contribution >= 0.6 is 12.4 Å². The lowest BCUT2D eigenvalue weighted by molar-refractivity contribution is 1.26. The third kappa shape index (κ3) is 1.93. The number of hydrogen-bond acceptors (Lipinski definition) is 3. The summed E-state index contributed by atoms with van der Waals surface area (Å²) in [6, 6.07) is 5.43. The molecule has 18 heavy (non-hydrogen) atoms. The average Bonchev–Trinajstić information content (AvgIpc) is 2.96. The molecule has 0 spiro atoms. The van der Waals surface area contributed by atoms with Gasteiger partial charge in [-0.05, 0) is 18.2 Å². The number of hydrogen-bond donors (Lipinski definition) is 4. The molecule has 2 aromatic heterocycles. The highest BCUT2D eigenvalue weighted by Crippen LogP contribution is 2.19. The largest absolute Gasteiger partial charge is 0.384 e. The zero-order valence-corrected chi connectivity index (χ0v) is 10.1. The van der Waals surface area contributed by atoms with Gasteiger partial charge in [0.2, 0.25) is 0 Å². The van der Waals surface area contributed by atoms with Crippen LogP contribution in [0.4, 0.5) is 0 Å². The molecule has 5 N–H and O–H groups in total. The Hall–Kier alpha value is -2.34. The smallest absolute Gasteiger partial charge is 0.156 e. The number of amidine groups is 1. The maximum absolute atomic E-state index is 7.38. The number of aromatic nitrogens is 4. The van der Waals surface area contributed by atoms with Gasteiger partial charge >= 0.3 is 0 Å². The predicted molar refractivity (Wildman–Crippen MR) is 71.9 cm³/mol. The van der Waals surface area contributed by atoms with Gasteiger partial charge in [0.25, 0.3) is 0 Å². The second-order valence-electron chi connectivity index (χ2n) is 3.70. The molecule has 0 unspecified atom stereocenters. The Kier molecular flexibility index (Phi) is 3.03. The zero-order chi connectivity index (χ0) is 11.8. The van der Waals surface area contributed by atoms with Gasteiger partial charge in [0.15, 0.2) is 5.82 Å². The summed E-state index contributed by atoms with van der Waals surface area (Å²) in [5, 5.41) is 7.38. The van der Waals surface area contributed by atoms with E-state index in [1.165, 1.54) is 0 Å². The molecule has 0 saturated heterocycles. The fourth-order valence-electron chi connectivity index (χ4n) is 1.69. The van der Waals surface area contributed by atoms with Crippen LogP contribution in [0, 0.1) is 5.41 Å². The minimum absolute atomic E-state index is 0. The van der Waals surface area contributed by atoms with Gasteiger partial charge in [-0.15, -0.1) is 12.4 Å². The van der Waals surface area contributed by atoms with Crippen LogP contribution in [0.2, 0.25) is 0 Å². The number of nitrogens with one attached hydrogen (secondary N) is 3. The average molecular weight is 263 g/mol. The summed E-state index contributed by atoms with van der Waals surface area (Å²) in [6.45, 7) is 0. The summed E-state index contributed by atoms with van der Waals surface area (Å²) in [5.41, 5.74) is 8.62. The van der Waals surface area contributed by atoms with Gasteiger partial charge in [0.1, 0.15) is 11.5 Å². The fourth-order valence-corrected chi connectivity index (χ4v) is 1.69. The van der Waals surface area contributed by atoms with Gasteiger partial charge in [-0.1, -0.05) is 0 Å². The van der Waals surface area contributed by atoms with Crippen LogP contribution in [-0.4, -0.2) is 25.8 Å². The minimum Gasteiger partial charge on any atom is -0.384 e. The minimum atomic E-state index is 0. The highest BCUT2D eigenvalue weighted by Gasteiger charge is 2.07. The molecule has 0 radical (unpaired) electrons. The summed E-state index contributed by atoms with van der Waals surface area (Å²) in [4.78, 5) is 14.5. The molecule has 0 aliphatic rings. The Morgan fingerprint density at radius 1 is 1.33 bits per heavy atom. The fraction of sp³-hybridized carbons (Fsp3) is 0. The van der Waals surface area contributed by atoms with Gasteiger partial charge in [0.05, 0.1) is 23.6 Å². The van der Waals surface area contributed by atoms with E-state index < -0.39 is 0 Å². The van der Waals surface area contributed by atoms with Crippen molar-refractivity contribution in [3.63, 3.8) is 0 Å². The molecule has 0 atom stereocenters. The number of nitrogens with two attached hydrogens (primary N) is 1. The molecule has 0 saturated carbocycles. The molecule has 3 aromatic rings. The highest BCUT2D eigenvalue weighted by atomic mass is 35.5. The lowest BCUT2D eigenvalue weighted by atomic mass is 10.2. The van der Waals surface area contributed by atoms with Crippen LogP contribution < -0.4 is 5.73 Å². The quantitative estimate of drug-likeness (QED) is 0.417. The number of nitrogens with zero attached hydrogens (tertiary/aromatic N) is 2. The van der Waals surface area contributed by atoms with Gasteiger partial charge in [0, 0.05) is 5.56 Å². The summed E-state index contributed by atoms with van der Waals surface area (Å²) >= 11 is 0. The van der Waals surface area contributed by atoms with E-state index in [1.807, 2.05) is 12.1 Å². The van der Waals surface area contributed by atoms with Gasteiger partial charge in [-0.25, -0.2) is 9.97 Å². The van der Waals surface area contributed by atoms with Crippen molar-refractivity contribution in [2.75, 3.05) is 0 Å². The van der Waals surface area contributed by atoms with Crippen molar-refractivity contribution in [1.29, 1.82) is 5.41 Å². The topological polar surface area (TPSA) is 107 Å². The van der Waals surface area contributed by atoms with Gasteiger partial charge in [-0.2, -0.15) is 0 Å². The van der Waals surface area contributed by atoms with Crippen LogP contribution in [0.15, 0.2) is 30.7 Å². The molecular formula is C11H11ClN6. The molecule has 0 aliphatic carbocycles.